The molecule has 0 aromatic heterocycles. The van der Waals surface area contributed by atoms with E-state index in [0.29, 0.717) is 6.42 Å². The monoisotopic (exact) mass is 516 g/mol. The fourth-order valence-corrected chi connectivity index (χ4v) is 10.9. The number of aliphatic hydroxyl groups is 3. The van der Waals surface area contributed by atoms with Crippen molar-refractivity contribution in [3.05, 3.63) is 11.6 Å². The number of allylic oxidation sites excluding steroid dienone is 1. The Morgan fingerprint density at radius 2 is 1.73 bits per heavy atom. The van der Waals surface area contributed by atoms with Crippen LogP contribution in [-0.2, 0) is 14.3 Å². The maximum atomic E-state index is 13.3. The lowest BCUT2D eigenvalue weighted by Gasteiger charge is -2.72. The summed E-state index contributed by atoms with van der Waals surface area (Å²) in [7, 11) is 1.35. The summed E-state index contributed by atoms with van der Waals surface area (Å²) in [6, 6.07) is 0. The molecule has 3 N–H and O–H groups in total. The van der Waals surface area contributed by atoms with Gasteiger partial charge in [0.2, 0.25) is 0 Å². The van der Waals surface area contributed by atoms with Crippen LogP contribution in [0, 0.1) is 50.7 Å². The van der Waals surface area contributed by atoms with Gasteiger partial charge in [-0.1, -0.05) is 39.3 Å². The van der Waals surface area contributed by atoms with Gasteiger partial charge in [0.1, 0.15) is 5.41 Å². The second-order valence-corrected chi connectivity index (χ2v) is 14.6. The first-order valence-corrected chi connectivity index (χ1v) is 14.4. The second-order valence-electron chi connectivity index (χ2n) is 14.6. The highest BCUT2D eigenvalue weighted by Gasteiger charge is 2.73. The third-order valence-corrected chi connectivity index (χ3v) is 13.7. The predicted molar refractivity (Wildman–Crippen MR) is 140 cm³/mol. The summed E-state index contributed by atoms with van der Waals surface area (Å²) in [5.74, 6) is -0.875. The summed E-state index contributed by atoms with van der Waals surface area (Å²) >= 11 is 0. The summed E-state index contributed by atoms with van der Waals surface area (Å²) in [5.41, 5.74) is -2.18. The van der Waals surface area contributed by atoms with Crippen molar-refractivity contribution in [2.45, 2.75) is 105 Å². The fraction of sp³-hybridized carbons (Fsp3) is 0.871. The Morgan fingerprint density at radius 1 is 1.05 bits per heavy atom. The van der Waals surface area contributed by atoms with Gasteiger partial charge in [0.25, 0.3) is 0 Å². The van der Waals surface area contributed by atoms with Gasteiger partial charge in [0, 0.05) is 29.8 Å². The van der Waals surface area contributed by atoms with Gasteiger partial charge in [-0.2, -0.15) is 0 Å². The number of hydrogen-bond acceptors (Lipinski definition) is 6. The van der Waals surface area contributed by atoms with Gasteiger partial charge >= 0.3 is 5.97 Å². The van der Waals surface area contributed by atoms with Crippen molar-refractivity contribution in [1.29, 1.82) is 0 Å². The first kappa shape index (κ1) is 27.3. The molecule has 0 unspecified atom stereocenters. The van der Waals surface area contributed by atoms with Crippen LogP contribution in [0.2, 0.25) is 0 Å². The summed E-state index contributed by atoms with van der Waals surface area (Å²) in [5, 5.41) is 34.2. The van der Waals surface area contributed by atoms with Crippen molar-refractivity contribution in [2.75, 3.05) is 13.7 Å². The first-order chi connectivity index (χ1) is 17.1. The van der Waals surface area contributed by atoms with E-state index in [1.165, 1.54) is 12.7 Å². The summed E-state index contributed by atoms with van der Waals surface area (Å²) in [6.07, 6.45) is 7.38. The van der Waals surface area contributed by atoms with E-state index >= 15 is 0 Å². The summed E-state index contributed by atoms with van der Waals surface area (Å²) in [4.78, 5) is 26.3. The quantitative estimate of drug-likeness (QED) is 0.285. The zero-order valence-corrected chi connectivity index (χ0v) is 23.9. The predicted octanol–water partition coefficient (Wildman–Crippen LogP) is 4.44. The smallest absolute Gasteiger partial charge is 0.319 e. The Bertz CT molecular complexity index is 1030. The van der Waals surface area contributed by atoms with Crippen LogP contribution in [0.4, 0.5) is 0 Å². The minimum absolute atomic E-state index is 0.0268. The second kappa shape index (κ2) is 8.14. The molecule has 6 heteroatoms. The standard InChI is InChI=1S/C31H48O6/c1-18-10-13-31(17-32)15-14-26(2)19(24(31)30(18,6)36)8-9-20-27(26,3)12-11-21-28(20,4)22(33)16-23(34)29(21,5)25(35)37-7/h8,18,20-22,24,32-33,36H,9-17H2,1-7H3/t18-,20+,21-,22+,24-,26-,27-,28-,29+,30-,31-/m1/s1. The van der Waals surface area contributed by atoms with E-state index in [-0.39, 0.29) is 58.7 Å². The summed E-state index contributed by atoms with van der Waals surface area (Å²) < 4.78 is 5.17. The number of ketones is 1. The average molecular weight is 517 g/mol. The number of hydrogen-bond donors (Lipinski definition) is 3. The van der Waals surface area contributed by atoms with Crippen LogP contribution in [0.25, 0.3) is 0 Å². The zero-order valence-electron chi connectivity index (χ0n) is 23.9. The van der Waals surface area contributed by atoms with Crippen LogP contribution in [-0.4, -0.2) is 52.5 Å². The number of methoxy groups -OCH3 is 1. The van der Waals surface area contributed by atoms with Crippen LogP contribution >= 0.6 is 0 Å². The van der Waals surface area contributed by atoms with Crippen LogP contribution in [0.15, 0.2) is 11.6 Å². The normalized spacial score (nSPS) is 55.2. The third-order valence-electron chi connectivity index (χ3n) is 13.7. The van der Waals surface area contributed by atoms with Gasteiger partial charge in [-0.05, 0) is 87.4 Å². The number of aliphatic hydroxyl groups excluding tert-OH is 2. The lowest BCUT2D eigenvalue weighted by atomic mass is 9.32. The number of esters is 1. The highest BCUT2D eigenvalue weighted by atomic mass is 16.5. The minimum Gasteiger partial charge on any atom is -0.468 e. The molecular weight excluding hydrogens is 468 g/mol. The Balaban J connectivity index is 1.65. The van der Waals surface area contributed by atoms with E-state index in [1.807, 2.05) is 6.92 Å². The number of carbonyl (C=O) groups excluding carboxylic acids is 2. The van der Waals surface area contributed by atoms with Crippen LogP contribution in [0.5, 0.6) is 0 Å². The van der Waals surface area contributed by atoms with E-state index < -0.39 is 28.5 Å². The molecule has 4 saturated carbocycles. The van der Waals surface area contributed by atoms with Crippen LogP contribution in [0.3, 0.4) is 0 Å². The van der Waals surface area contributed by atoms with Gasteiger partial charge in [-0.15, -0.1) is 0 Å². The lowest BCUT2D eigenvalue weighted by Crippen LogP contribution is -2.70. The Hall–Kier alpha value is -1.24. The van der Waals surface area contributed by atoms with E-state index in [4.69, 9.17) is 4.74 Å². The molecule has 5 aliphatic carbocycles. The molecule has 0 aromatic carbocycles. The van der Waals surface area contributed by atoms with Gasteiger partial charge in [-0.25, -0.2) is 0 Å². The SMILES string of the molecule is COC(=O)[C@]1(C)C(=O)C[C@H](O)[C@]2(C)[C@H]3CC=C4[C@H]5[C@](CO)(CC[C@@H](C)[C@@]5(C)O)CC[C@@]4(C)[C@]3(C)CC[C@@H]12. The van der Waals surface area contributed by atoms with Gasteiger partial charge in [0.15, 0.2) is 5.78 Å². The van der Waals surface area contributed by atoms with Crippen molar-refractivity contribution in [2.24, 2.45) is 50.7 Å². The Kier molecular flexibility index (Phi) is 6.01. The van der Waals surface area contributed by atoms with Gasteiger partial charge < -0.3 is 20.1 Å². The third kappa shape index (κ3) is 3.04. The van der Waals surface area contributed by atoms with Crippen molar-refractivity contribution < 1.29 is 29.6 Å². The number of fused-ring (bicyclic) bond motifs is 7. The van der Waals surface area contributed by atoms with Crippen molar-refractivity contribution in [3.8, 4) is 0 Å². The average Bonchev–Trinajstić information content (AvgIpc) is 2.85. The lowest BCUT2D eigenvalue weighted by molar-refractivity contribution is -0.230. The molecule has 11 atom stereocenters. The molecule has 0 spiro atoms. The molecule has 0 bridgehead atoms. The highest BCUT2D eigenvalue weighted by Crippen LogP contribution is 2.75. The molecule has 4 fully saturated rings. The molecule has 0 aromatic rings. The molecule has 0 amide bonds. The van der Waals surface area contributed by atoms with E-state index in [0.717, 1.165) is 38.5 Å². The van der Waals surface area contributed by atoms with Crippen LogP contribution in [0.1, 0.15) is 92.9 Å². The molecule has 5 aliphatic rings. The van der Waals surface area contributed by atoms with E-state index in [2.05, 4.69) is 33.8 Å². The number of ether oxygens (including phenoxy) is 1. The number of Topliss-reactive ketones (excluding diaryl/α,β-unsaturated/α-hetero) is 1. The Labute approximate surface area is 222 Å². The van der Waals surface area contributed by atoms with E-state index in [9.17, 15) is 24.9 Å². The molecule has 208 valence electrons. The van der Waals surface area contributed by atoms with Gasteiger partial charge in [0.05, 0.1) is 18.8 Å². The molecule has 6 nitrogen and oxygen atoms in total. The molecule has 0 heterocycles. The van der Waals surface area contributed by atoms with Crippen LogP contribution < -0.4 is 0 Å². The summed E-state index contributed by atoms with van der Waals surface area (Å²) in [6.45, 7) is 12.8. The molecule has 37 heavy (non-hydrogen) atoms. The molecule has 0 saturated heterocycles. The Morgan fingerprint density at radius 3 is 2.35 bits per heavy atom. The molecule has 0 radical (unpaired) electrons. The fourth-order valence-electron chi connectivity index (χ4n) is 10.9. The zero-order chi connectivity index (χ0) is 27.4. The molecular formula is C31H48O6. The number of carbonyl (C=O) groups is 2. The van der Waals surface area contributed by atoms with Crippen molar-refractivity contribution >= 4 is 11.8 Å². The van der Waals surface area contributed by atoms with Crippen molar-refractivity contribution in [1.82, 2.24) is 0 Å². The number of rotatable bonds is 2. The topological polar surface area (TPSA) is 104 Å². The minimum atomic E-state index is -1.25. The largest absolute Gasteiger partial charge is 0.468 e. The highest BCUT2D eigenvalue weighted by molar-refractivity contribution is 6.04. The maximum Gasteiger partial charge on any atom is 0.319 e. The van der Waals surface area contributed by atoms with Gasteiger partial charge in [-0.3, -0.25) is 9.59 Å². The maximum absolute atomic E-state index is 13.3. The molecule has 0 aliphatic heterocycles. The van der Waals surface area contributed by atoms with Crippen molar-refractivity contribution in [3.63, 3.8) is 0 Å². The molecule has 5 rings (SSSR count). The first-order valence-electron chi connectivity index (χ1n) is 14.4. The van der Waals surface area contributed by atoms with E-state index in [1.54, 1.807) is 6.92 Å².